The van der Waals surface area contributed by atoms with E-state index < -0.39 is 0 Å². The minimum atomic E-state index is 0.0504. The first kappa shape index (κ1) is 15.0. The van der Waals surface area contributed by atoms with Crippen LogP contribution in [0.4, 0.5) is 5.69 Å². The van der Waals surface area contributed by atoms with Crippen molar-refractivity contribution in [2.45, 2.75) is 39.2 Å². The predicted molar refractivity (Wildman–Crippen MR) is 89.0 cm³/mol. The Morgan fingerprint density at radius 2 is 2.14 bits per heavy atom. The topological polar surface area (TPSA) is 41.0 Å². The van der Waals surface area contributed by atoms with Crippen molar-refractivity contribution in [1.82, 2.24) is 12.9 Å². The standard InChI is InChI=1S/C16H24N4Se/c1-3-9-20-10-7-13(8-11-20)12(2)17-14-5-4-6-15-16(14)19-21-18-15/h4-6,12-13,17H,3,7-11H2,1-2H3. The molecule has 1 atom stereocenters. The van der Waals surface area contributed by atoms with Gasteiger partial charge in [0.25, 0.3) is 0 Å². The Kier molecular flexibility index (Phi) is 4.94. The number of nitrogens with one attached hydrogen (secondary N) is 1. The van der Waals surface area contributed by atoms with Gasteiger partial charge in [-0.05, 0) is 0 Å². The third kappa shape index (κ3) is 3.47. The molecule has 1 aliphatic heterocycles. The van der Waals surface area contributed by atoms with E-state index in [9.17, 15) is 0 Å². The molecule has 0 spiro atoms. The van der Waals surface area contributed by atoms with Crippen LogP contribution in [0, 0.1) is 5.92 Å². The molecule has 5 heteroatoms. The van der Waals surface area contributed by atoms with E-state index in [0.717, 1.165) is 17.0 Å². The van der Waals surface area contributed by atoms with Crippen LogP contribution in [-0.4, -0.2) is 53.5 Å². The van der Waals surface area contributed by atoms with Crippen LogP contribution in [0.1, 0.15) is 33.1 Å². The number of fused-ring (bicyclic) bond motifs is 1. The van der Waals surface area contributed by atoms with Crippen molar-refractivity contribution in [1.29, 1.82) is 0 Å². The molecule has 21 heavy (non-hydrogen) atoms. The SMILES string of the molecule is CCCN1CCC(C(C)Nc2cccc3n[se]nc23)CC1. The summed E-state index contributed by atoms with van der Waals surface area (Å²) in [5, 5.41) is 3.70. The quantitative estimate of drug-likeness (QED) is 0.841. The van der Waals surface area contributed by atoms with Gasteiger partial charge in [-0.15, -0.1) is 0 Å². The van der Waals surface area contributed by atoms with Gasteiger partial charge in [0.05, 0.1) is 0 Å². The van der Waals surface area contributed by atoms with E-state index >= 15 is 0 Å². The average molecular weight is 351 g/mol. The molecule has 0 saturated carbocycles. The molecule has 3 rings (SSSR count). The maximum absolute atomic E-state index is 4.56. The van der Waals surface area contributed by atoms with Gasteiger partial charge in [0.1, 0.15) is 0 Å². The molecule has 1 N–H and O–H groups in total. The number of hydrogen-bond acceptors (Lipinski definition) is 4. The molecule has 0 radical (unpaired) electrons. The van der Waals surface area contributed by atoms with E-state index in [1.807, 2.05) is 0 Å². The molecule has 1 aliphatic rings. The Bertz CT molecular complexity index is 574. The summed E-state index contributed by atoms with van der Waals surface area (Å²) in [6.07, 6.45) is 3.87. The summed E-state index contributed by atoms with van der Waals surface area (Å²) in [5.41, 5.74) is 3.30. The second kappa shape index (κ2) is 6.91. The van der Waals surface area contributed by atoms with Crippen LogP contribution in [0.15, 0.2) is 18.2 Å². The number of piperidine rings is 1. The monoisotopic (exact) mass is 352 g/mol. The molecular formula is C16H24N4Se. The summed E-state index contributed by atoms with van der Waals surface area (Å²) in [5.74, 6) is 0.762. The van der Waals surface area contributed by atoms with Gasteiger partial charge >= 0.3 is 133 Å². The Hall–Kier alpha value is -0.901. The van der Waals surface area contributed by atoms with Crippen molar-refractivity contribution in [3.63, 3.8) is 0 Å². The number of anilines is 1. The number of aromatic nitrogens is 2. The van der Waals surface area contributed by atoms with Crippen molar-refractivity contribution >= 4 is 31.7 Å². The third-order valence-corrected chi connectivity index (χ3v) is 5.69. The van der Waals surface area contributed by atoms with E-state index in [4.69, 9.17) is 0 Å². The van der Waals surface area contributed by atoms with Gasteiger partial charge in [0, 0.05) is 0 Å². The molecule has 1 unspecified atom stereocenters. The number of hydrogen-bond donors (Lipinski definition) is 1. The van der Waals surface area contributed by atoms with E-state index in [1.54, 1.807) is 0 Å². The van der Waals surface area contributed by atoms with Crippen molar-refractivity contribution in [3.05, 3.63) is 18.2 Å². The molecule has 1 saturated heterocycles. The summed E-state index contributed by atoms with van der Waals surface area (Å²) in [7, 11) is 0. The molecule has 114 valence electrons. The molecule has 1 fully saturated rings. The van der Waals surface area contributed by atoms with Gasteiger partial charge in [0.2, 0.25) is 0 Å². The summed E-state index contributed by atoms with van der Waals surface area (Å²) in [6, 6.07) is 6.79. The van der Waals surface area contributed by atoms with E-state index in [1.165, 1.54) is 44.6 Å². The van der Waals surface area contributed by atoms with Crippen LogP contribution in [0.2, 0.25) is 0 Å². The maximum atomic E-state index is 4.56. The number of nitrogens with zero attached hydrogens (tertiary/aromatic N) is 3. The van der Waals surface area contributed by atoms with Gasteiger partial charge in [-0.3, -0.25) is 0 Å². The van der Waals surface area contributed by atoms with Gasteiger partial charge < -0.3 is 0 Å². The molecular weight excluding hydrogens is 327 g/mol. The van der Waals surface area contributed by atoms with E-state index in [-0.39, 0.29) is 15.0 Å². The van der Waals surface area contributed by atoms with Crippen molar-refractivity contribution < 1.29 is 0 Å². The summed E-state index contributed by atoms with van der Waals surface area (Å²) in [6.45, 7) is 8.34. The zero-order valence-electron chi connectivity index (χ0n) is 12.9. The fourth-order valence-corrected chi connectivity index (χ4v) is 4.43. The first-order valence-electron chi connectivity index (χ1n) is 7.98. The summed E-state index contributed by atoms with van der Waals surface area (Å²) < 4.78 is 9.02. The fourth-order valence-electron chi connectivity index (χ4n) is 3.28. The first-order valence-corrected chi connectivity index (χ1v) is 9.51. The molecule has 1 aromatic carbocycles. The number of rotatable bonds is 5. The molecule has 0 aliphatic carbocycles. The van der Waals surface area contributed by atoms with Crippen molar-refractivity contribution in [2.75, 3.05) is 25.0 Å². The summed E-state index contributed by atoms with van der Waals surface area (Å²) >= 11 is 0.0504. The molecule has 2 aromatic rings. The molecule has 0 amide bonds. The van der Waals surface area contributed by atoms with E-state index in [2.05, 4.69) is 50.2 Å². The number of likely N-dealkylation sites (tertiary alicyclic amines) is 1. The van der Waals surface area contributed by atoms with Crippen LogP contribution in [0.3, 0.4) is 0 Å². The average Bonchev–Trinajstić information content (AvgIpc) is 2.98. The van der Waals surface area contributed by atoms with Crippen LogP contribution in [0.25, 0.3) is 11.0 Å². The van der Waals surface area contributed by atoms with Gasteiger partial charge in [0.15, 0.2) is 0 Å². The minimum absolute atomic E-state index is 0.0504. The Labute approximate surface area is 133 Å². The Morgan fingerprint density at radius 3 is 2.90 bits per heavy atom. The van der Waals surface area contributed by atoms with Crippen molar-refractivity contribution in [2.24, 2.45) is 5.92 Å². The molecule has 2 heterocycles. The molecule has 0 bridgehead atoms. The second-order valence-electron chi connectivity index (χ2n) is 6.05. The fraction of sp³-hybridized carbons (Fsp3) is 0.625. The van der Waals surface area contributed by atoms with Crippen LogP contribution < -0.4 is 5.32 Å². The normalized spacial score (nSPS) is 19.0. The molecule has 4 nitrogen and oxygen atoms in total. The Balaban J connectivity index is 1.62. The van der Waals surface area contributed by atoms with Crippen LogP contribution in [0.5, 0.6) is 0 Å². The van der Waals surface area contributed by atoms with Crippen LogP contribution >= 0.6 is 0 Å². The van der Waals surface area contributed by atoms with E-state index in [0.29, 0.717) is 6.04 Å². The van der Waals surface area contributed by atoms with Gasteiger partial charge in [-0.25, -0.2) is 0 Å². The predicted octanol–water partition coefficient (Wildman–Crippen LogP) is 2.61. The zero-order valence-corrected chi connectivity index (χ0v) is 14.6. The first-order chi connectivity index (χ1) is 10.3. The van der Waals surface area contributed by atoms with Crippen LogP contribution in [-0.2, 0) is 0 Å². The summed E-state index contributed by atoms with van der Waals surface area (Å²) in [4.78, 5) is 2.60. The third-order valence-electron chi connectivity index (χ3n) is 4.55. The molecule has 1 aromatic heterocycles. The van der Waals surface area contributed by atoms with Gasteiger partial charge in [-0.1, -0.05) is 0 Å². The number of benzene rings is 1. The zero-order chi connectivity index (χ0) is 14.7. The van der Waals surface area contributed by atoms with Crippen molar-refractivity contribution in [3.8, 4) is 0 Å². The van der Waals surface area contributed by atoms with Gasteiger partial charge in [-0.2, -0.15) is 0 Å². The second-order valence-corrected chi connectivity index (χ2v) is 7.16. The Morgan fingerprint density at radius 1 is 1.33 bits per heavy atom.